The van der Waals surface area contributed by atoms with Crippen LogP contribution in [0.25, 0.3) is 5.69 Å². The number of methoxy groups -OCH3 is 1. The number of carbonyl (C=O) groups is 1. The molecule has 8 nitrogen and oxygen atoms in total. The largest absolute Gasteiger partial charge is 0.491 e. The number of aryl methyl sites for hydroxylation is 1. The van der Waals surface area contributed by atoms with Gasteiger partial charge in [-0.15, -0.1) is 5.10 Å². The summed E-state index contributed by atoms with van der Waals surface area (Å²) in [6.45, 7) is 7.54. The van der Waals surface area contributed by atoms with Gasteiger partial charge in [0.05, 0.1) is 18.0 Å². The zero-order valence-corrected chi connectivity index (χ0v) is 17.4. The lowest BCUT2D eigenvalue weighted by Gasteiger charge is -2.20. The standard InChI is InChI=1S/C20H31N5O3/c1-14(2)18(21)10-11-24(4)20(26)19-15(3)22-25(23-19)16-6-8-17(9-7-16)28-13-12-27-5/h6-9,14,18H,10-13,21H2,1-5H3. The lowest BCUT2D eigenvalue weighted by Crippen LogP contribution is -2.35. The second-order valence-electron chi connectivity index (χ2n) is 7.18. The summed E-state index contributed by atoms with van der Waals surface area (Å²) < 4.78 is 10.5. The fourth-order valence-corrected chi connectivity index (χ4v) is 2.57. The van der Waals surface area contributed by atoms with Crippen LogP contribution >= 0.6 is 0 Å². The number of benzene rings is 1. The second kappa shape index (κ2) is 10.2. The molecule has 0 bridgehead atoms. The van der Waals surface area contributed by atoms with Crippen LogP contribution in [0.3, 0.4) is 0 Å². The Labute approximate surface area is 166 Å². The van der Waals surface area contributed by atoms with Crippen molar-refractivity contribution in [2.24, 2.45) is 11.7 Å². The van der Waals surface area contributed by atoms with Gasteiger partial charge in [-0.2, -0.15) is 9.90 Å². The molecule has 0 fully saturated rings. The lowest BCUT2D eigenvalue weighted by atomic mass is 10.0. The first kappa shape index (κ1) is 21.8. The molecule has 2 N–H and O–H groups in total. The van der Waals surface area contributed by atoms with E-state index in [-0.39, 0.29) is 11.9 Å². The Balaban J connectivity index is 2.04. The van der Waals surface area contributed by atoms with Crippen molar-refractivity contribution in [3.63, 3.8) is 0 Å². The summed E-state index contributed by atoms with van der Waals surface area (Å²) in [6, 6.07) is 7.44. The highest BCUT2D eigenvalue weighted by Gasteiger charge is 2.21. The molecule has 1 amide bonds. The predicted molar refractivity (Wildman–Crippen MR) is 108 cm³/mol. The third-order valence-electron chi connectivity index (χ3n) is 4.61. The van der Waals surface area contributed by atoms with E-state index in [9.17, 15) is 4.79 Å². The maximum absolute atomic E-state index is 12.7. The van der Waals surface area contributed by atoms with Crippen LogP contribution in [0.15, 0.2) is 24.3 Å². The summed E-state index contributed by atoms with van der Waals surface area (Å²) in [5.74, 6) is 0.967. The Hall–Kier alpha value is -2.45. The van der Waals surface area contributed by atoms with E-state index in [0.717, 1.165) is 17.9 Å². The summed E-state index contributed by atoms with van der Waals surface area (Å²) in [6.07, 6.45) is 0.748. The van der Waals surface area contributed by atoms with Crippen LogP contribution < -0.4 is 10.5 Å². The monoisotopic (exact) mass is 389 g/mol. The molecule has 1 heterocycles. The van der Waals surface area contributed by atoms with Crippen LogP contribution in [-0.2, 0) is 4.74 Å². The summed E-state index contributed by atoms with van der Waals surface area (Å²) in [5.41, 5.74) is 7.77. The number of nitrogens with zero attached hydrogens (tertiary/aromatic N) is 4. The Bertz CT molecular complexity index is 758. The molecule has 0 saturated carbocycles. The van der Waals surface area contributed by atoms with E-state index in [1.807, 2.05) is 24.3 Å². The highest BCUT2D eigenvalue weighted by molar-refractivity contribution is 5.93. The molecule has 0 spiro atoms. The Morgan fingerprint density at radius 1 is 1.21 bits per heavy atom. The average Bonchev–Trinajstić information content (AvgIpc) is 3.07. The van der Waals surface area contributed by atoms with Gasteiger partial charge in [0.2, 0.25) is 0 Å². The van der Waals surface area contributed by atoms with Crippen molar-refractivity contribution in [2.45, 2.75) is 33.2 Å². The first-order chi connectivity index (χ1) is 13.3. The number of hydrogen-bond acceptors (Lipinski definition) is 6. The summed E-state index contributed by atoms with van der Waals surface area (Å²) in [4.78, 5) is 15.8. The molecule has 1 aromatic carbocycles. The fraction of sp³-hybridized carbons (Fsp3) is 0.550. The van der Waals surface area contributed by atoms with E-state index in [4.69, 9.17) is 15.2 Å². The van der Waals surface area contributed by atoms with E-state index in [1.165, 1.54) is 4.80 Å². The minimum atomic E-state index is -0.153. The molecule has 0 radical (unpaired) electrons. The molecule has 1 unspecified atom stereocenters. The van der Waals surface area contributed by atoms with Gasteiger partial charge in [-0.3, -0.25) is 4.79 Å². The SMILES string of the molecule is COCCOc1ccc(-n2nc(C)c(C(=O)N(C)CCC(N)C(C)C)n2)cc1. The minimum absolute atomic E-state index is 0.0663. The number of hydrogen-bond donors (Lipinski definition) is 1. The van der Waals surface area contributed by atoms with E-state index in [1.54, 1.807) is 26.0 Å². The third-order valence-corrected chi connectivity index (χ3v) is 4.61. The second-order valence-corrected chi connectivity index (χ2v) is 7.18. The number of nitrogens with two attached hydrogens (primary N) is 1. The molecule has 28 heavy (non-hydrogen) atoms. The Morgan fingerprint density at radius 3 is 2.50 bits per heavy atom. The van der Waals surface area contributed by atoms with Crippen molar-refractivity contribution in [2.75, 3.05) is 33.9 Å². The molecule has 1 aromatic heterocycles. The molecule has 2 rings (SSSR count). The Kier molecular flexibility index (Phi) is 7.95. The number of amides is 1. The number of ether oxygens (including phenoxy) is 2. The van der Waals surface area contributed by atoms with Gasteiger partial charge in [-0.05, 0) is 43.5 Å². The van der Waals surface area contributed by atoms with Crippen molar-refractivity contribution < 1.29 is 14.3 Å². The maximum Gasteiger partial charge on any atom is 0.276 e. The summed E-state index contributed by atoms with van der Waals surface area (Å²) in [5, 5.41) is 8.78. The Morgan fingerprint density at radius 2 is 1.89 bits per heavy atom. The van der Waals surface area contributed by atoms with Crippen molar-refractivity contribution in [3.05, 3.63) is 35.7 Å². The molecule has 2 aromatic rings. The highest BCUT2D eigenvalue weighted by atomic mass is 16.5. The van der Waals surface area contributed by atoms with Gasteiger partial charge in [0.25, 0.3) is 5.91 Å². The first-order valence-electron chi connectivity index (χ1n) is 9.50. The smallest absolute Gasteiger partial charge is 0.276 e. The van der Waals surface area contributed by atoms with Gasteiger partial charge in [0.1, 0.15) is 12.4 Å². The fourth-order valence-electron chi connectivity index (χ4n) is 2.57. The maximum atomic E-state index is 12.7. The zero-order chi connectivity index (χ0) is 20.7. The van der Waals surface area contributed by atoms with Gasteiger partial charge in [0.15, 0.2) is 5.69 Å². The van der Waals surface area contributed by atoms with Gasteiger partial charge < -0.3 is 20.1 Å². The molecule has 0 saturated heterocycles. The highest BCUT2D eigenvalue weighted by Crippen LogP contribution is 2.16. The normalized spacial score (nSPS) is 12.2. The van der Waals surface area contributed by atoms with Crippen molar-refractivity contribution in [1.29, 1.82) is 0 Å². The van der Waals surface area contributed by atoms with E-state index >= 15 is 0 Å². The zero-order valence-electron chi connectivity index (χ0n) is 17.4. The van der Waals surface area contributed by atoms with Crippen LogP contribution in [0.1, 0.15) is 36.5 Å². The van der Waals surface area contributed by atoms with Crippen LogP contribution in [-0.4, -0.2) is 65.8 Å². The van der Waals surface area contributed by atoms with Crippen LogP contribution in [0.5, 0.6) is 5.75 Å². The number of carbonyl (C=O) groups excluding carboxylic acids is 1. The lowest BCUT2D eigenvalue weighted by molar-refractivity contribution is 0.0782. The van der Waals surface area contributed by atoms with Gasteiger partial charge >= 0.3 is 0 Å². The molecule has 0 aliphatic heterocycles. The van der Waals surface area contributed by atoms with Gasteiger partial charge in [-0.1, -0.05) is 13.8 Å². The van der Waals surface area contributed by atoms with Crippen LogP contribution in [0, 0.1) is 12.8 Å². The van der Waals surface area contributed by atoms with E-state index in [0.29, 0.717) is 37.1 Å². The van der Waals surface area contributed by atoms with Crippen LogP contribution in [0.4, 0.5) is 0 Å². The molecule has 8 heteroatoms. The predicted octanol–water partition coefficient (Wildman–Crippen LogP) is 2.05. The number of rotatable bonds is 10. The van der Waals surface area contributed by atoms with Gasteiger partial charge in [0, 0.05) is 26.7 Å². The van der Waals surface area contributed by atoms with E-state index in [2.05, 4.69) is 24.0 Å². The summed E-state index contributed by atoms with van der Waals surface area (Å²) in [7, 11) is 3.40. The molecular formula is C20H31N5O3. The molecule has 154 valence electrons. The topological polar surface area (TPSA) is 95.5 Å². The van der Waals surface area contributed by atoms with Gasteiger partial charge in [-0.25, -0.2) is 0 Å². The third kappa shape index (κ3) is 5.77. The summed E-state index contributed by atoms with van der Waals surface area (Å²) >= 11 is 0. The van der Waals surface area contributed by atoms with Crippen LogP contribution in [0.2, 0.25) is 0 Å². The molecule has 1 atom stereocenters. The van der Waals surface area contributed by atoms with Crippen molar-refractivity contribution in [1.82, 2.24) is 19.9 Å². The van der Waals surface area contributed by atoms with E-state index < -0.39 is 0 Å². The number of aromatic nitrogens is 3. The minimum Gasteiger partial charge on any atom is -0.491 e. The quantitative estimate of drug-likeness (QED) is 0.625. The van der Waals surface area contributed by atoms with Crippen molar-refractivity contribution >= 4 is 5.91 Å². The average molecular weight is 390 g/mol. The molecular weight excluding hydrogens is 358 g/mol. The molecule has 0 aliphatic carbocycles. The van der Waals surface area contributed by atoms with Crippen molar-refractivity contribution in [3.8, 4) is 11.4 Å². The first-order valence-corrected chi connectivity index (χ1v) is 9.50. The molecule has 0 aliphatic rings.